The molecule has 6 heterocycles. The number of piperidine rings is 2. The largest absolute Gasteiger partial charge is 0.478 e. The van der Waals surface area contributed by atoms with Gasteiger partial charge in [-0.25, -0.2) is 4.79 Å². The first-order valence-corrected chi connectivity index (χ1v) is 41.5. The maximum Gasteiger partial charge on any atom is 0.335 e. The number of carbonyl (C=O) groups excluding carboxylic acids is 3. The van der Waals surface area contributed by atoms with E-state index in [1.807, 2.05) is 232 Å². The minimum Gasteiger partial charge on any atom is -0.478 e. The number of amides is 3. The van der Waals surface area contributed by atoms with Crippen molar-refractivity contribution in [1.29, 1.82) is 5.26 Å². The maximum atomic E-state index is 13.0. The predicted molar refractivity (Wildman–Crippen MR) is 471 cm³/mol. The van der Waals surface area contributed by atoms with Crippen molar-refractivity contribution >= 4 is 60.0 Å². The van der Waals surface area contributed by atoms with Gasteiger partial charge in [0.1, 0.15) is 31.0 Å². The number of piperazine rings is 3. The van der Waals surface area contributed by atoms with E-state index < -0.39 is 17.0 Å². The Morgan fingerprint density at radius 2 is 0.897 bits per heavy atom. The molecule has 6 saturated heterocycles. The Morgan fingerprint density at radius 1 is 0.479 bits per heavy atom. The molecule has 3 amide bonds. The lowest BCUT2D eigenvalue weighted by Gasteiger charge is -2.47. The van der Waals surface area contributed by atoms with E-state index in [4.69, 9.17) is 27.9 Å². The van der Waals surface area contributed by atoms with Gasteiger partial charge in [0, 0.05) is 119 Å². The fraction of sp³-hybridized carbons (Fsp3) is 0.398. The highest BCUT2D eigenvalue weighted by molar-refractivity contribution is 6.11. The van der Waals surface area contributed by atoms with E-state index in [0.717, 1.165) is 151 Å². The summed E-state index contributed by atoms with van der Waals surface area (Å²) < 4.78 is 4.93. The lowest BCUT2D eigenvalue weighted by molar-refractivity contribution is -0.139. The van der Waals surface area contributed by atoms with E-state index in [9.17, 15) is 29.5 Å². The number of rotatable bonds is 17. The van der Waals surface area contributed by atoms with Crippen LogP contribution in [0.3, 0.4) is 0 Å². The van der Waals surface area contributed by atoms with Gasteiger partial charge in [0.2, 0.25) is 17.7 Å². The molecule has 9 aromatic rings. The van der Waals surface area contributed by atoms with Crippen molar-refractivity contribution in [2.24, 2.45) is 5.92 Å². The molecule has 4 N–H and O–H groups in total. The highest BCUT2D eigenvalue weighted by atomic mass is 16.5. The third kappa shape index (κ3) is 24.0. The van der Waals surface area contributed by atoms with Crippen LogP contribution < -0.4 is 24.5 Å². The summed E-state index contributed by atoms with van der Waals surface area (Å²) >= 11 is 0. The fourth-order valence-electron chi connectivity index (χ4n) is 16.4. The summed E-state index contributed by atoms with van der Waals surface area (Å²) in [5.41, 5.74) is 15.1. The molecular formula is C98H120BN9O9. The van der Waals surface area contributed by atoms with Crippen molar-refractivity contribution < 1.29 is 44.3 Å². The van der Waals surface area contributed by atoms with E-state index in [0.29, 0.717) is 49.7 Å². The highest BCUT2D eigenvalue weighted by Crippen LogP contribution is 2.36. The number of carbonyl (C=O) groups is 4. The molecule has 117 heavy (non-hydrogen) atoms. The number of aliphatic hydroxyl groups is 3. The Kier molecular flexibility index (Phi) is 32.1. The SMILES string of the molecule is CC1(C)C(=O)N(Cc2ccc(CO)cc2)CCN1c1ccccc1.CC1(C)C(=O)N(Cc2ccc(CO)cc2)CCN1c1ccccc1.CC1(C)CCCCN1c1ccccc1.CC1C(=O)N(Cc2ccc(CO)cc2)CCN1c1ccccc1.Cc1cc(C)c(C(=O)O)cc1CC1CCN(c2ccccc2C#N)CC1.[B]C1CCCO1. The van der Waals surface area contributed by atoms with E-state index in [2.05, 4.69) is 106 Å². The Balaban J connectivity index is 0.000000153. The molecule has 2 atom stereocenters. The average molecular weight is 1580 g/mol. The standard InChI is InChI=1S/C22H24N2O2.2C20H24N2O2.C19H22N2O2.C13H19N.C4H7BO/c1-15-11-16(2)20(22(25)26)13-19(15)12-17-7-9-24(10-8-17)21-6-4-3-5-18(21)14-23;2*1-20(2)19(24)21(14-16-8-10-17(15-23)11-9-16)12-13-22(20)18-6-4-3-5-7-18;1-15-19(23)20(13-16-7-9-17(14-22)10-8-16)11-12-21(15)18-5-3-2-4-6-18;1-13(2)10-6-7-11-14(13)12-8-4-3-5-9-12;5-4-2-1-3-6-4/h3-6,11,13,17H,7-10,12H2,1-2H3,(H,25,26);2*3-11,23H,12-15H2,1-2H3;2-10,15,22H,11-14H2,1H3;3-5,8-9H,6-7,10-11H2,1-2H3;4H,1-3H2. The molecule has 2 unspecified atom stereocenters. The van der Waals surface area contributed by atoms with Crippen molar-refractivity contribution in [1.82, 2.24) is 14.7 Å². The minimum absolute atomic E-state index is 0.0436. The molecule has 6 fully saturated rings. The quantitative estimate of drug-likeness (QED) is 0.0625. The molecule has 15 rings (SSSR count). The van der Waals surface area contributed by atoms with Gasteiger partial charge in [-0.3, -0.25) is 14.4 Å². The van der Waals surface area contributed by atoms with Gasteiger partial charge in [-0.1, -0.05) is 164 Å². The second kappa shape index (κ2) is 42.4. The first kappa shape index (κ1) is 88.6. The summed E-state index contributed by atoms with van der Waals surface area (Å²) in [5, 5.41) is 46.0. The molecule has 6 aliphatic rings. The van der Waals surface area contributed by atoms with Crippen molar-refractivity contribution in [3.8, 4) is 6.07 Å². The van der Waals surface area contributed by atoms with Crippen molar-refractivity contribution in [2.75, 3.05) is 90.0 Å². The Labute approximate surface area is 695 Å². The molecule has 18 nitrogen and oxygen atoms in total. The number of nitrogens with zero attached hydrogens (tertiary/aromatic N) is 9. The highest BCUT2D eigenvalue weighted by Gasteiger charge is 2.43. The van der Waals surface area contributed by atoms with Crippen LogP contribution in [0, 0.1) is 31.1 Å². The van der Waals surface area contributed by atoms with E-state index in [-0.39, 0.29) is 49.6 Å². The topological polar surface area (TPSA) is 208 Å². The van der Waals surface area contributed by atoms with Crippen LogP contribution in [0.25, 0.3) is 0 Å². The zero-order valence-electron chi connectivity index (χ0n) is 70.1. The van der Waals surface area contributed by atoms with Gasteiger partial charge >= 0.3 is 5.97 Å². The van der Waals surface area contributed by atoms with Crippen molar-refractivity contribution in [3.63, 3.8) is 0 Å². The normalized spacial score (nSPS) is 18.2. The van der Waals surface area contributed by atoms with Crippen molar-refractivity contribution in [3.05, 3.63) is 292 Å². The Bertz CT molecular complexity index is 4530. The first-order valence-electron chi connectivity index (χ1n) is 41.5. The summed E-state index contributed by atoms with van der Waals surface area (Å²) in [4.78, 5) is 67.2. The number of ether oxygens (including phenoxy) is 1. The molecule has 0 aromatic heterocycles. The Morgan fingerprint density at radius 3 is 1.31 bits per heavy atom. The molecule has 9 aromatic carbocycles. The maximum absolute atomic E-state index is 13.0. The predicted octanol–water partition coefficient (Wildman–Crippen LogP) is 16.1. The van der Waals surface area contributed by atoms with Gasteiger partial charge in [0.05, 0.1) is 36.6 Å². The number of nitriles is 1. The number of anilines is 5. The zero-order valence-corrected chi connectivity index (χ0v) is 70.1. The molecule has 0 spiro atoms. The van der Waals surface area contributed by atoms with Gasteiger partial charge in [-0.2, -0.15) is 5.26 Å². The number of aliphatic hydroxyl groups excluding tert-OH is 3. The lowest BCUT2D eigenvalue weighted by Crippen LogP contribution is -2.63. The lowest BCUT2D eigenvalue weighted by atomic mass is 9.87. The van der Waals surface area contributed by atoms with Gasteiger partial charge in [-0.05, 0) is 236 Å². The molecule has 19 heteroatoms. The molecule has 0 bridgehead atoms. The van der Waals surface area contributed by atoms with E-state index in [1.165, 1.54) is 37.1 Å². The van der Waals surface area contributed by atoms with Gasteiger partial charge in [0.15, 0.2) is 0 Å². The van der Waals surface area contributed by atoms with Crippen LogP contribution in [0.5, 0.6) is 0 Å². The number of aromatic carboxylic acids is 1. The third-order valence-electron chi connectivity index (χ3n) is 23.5. The molecular weight excluding hydrogens is 1460 g/mol. The average Bonchev–Trinajstić information content (AvgIpc) is 0.815. The summed E-state index contributed by atoms with van der Waals surface area (Å²) in [7, 11) is 5.31. The van der Waals surface area contributed by atoms with Crippen LogP contribution in [0.15, 0.2) is 231 Å². The van der Waals surface area contributed by atoms with E-state index >= 15 is 0 Å². The number of benzene rings is 9. The van der Waals surface area contributed by atoms with Gasteiger partial charge < -0.3 is 64.4 Å². The van der Waals surface area contributed by atoms with Crippen LogP contribution in [0.4, 0.5) is 28.4 Å². The number of para-hydroxylation sites is 5. The molecule has 0 saturated carbocycles. The molecule has 6 aliphatic heterocycles. The summed E-state index contributed by atoms with van der Waals surface area (Å²) in [6.45, 7) is 29.0. The van der Waals surface area contributed by atoms with Crippen LogP contribution in [-0.2, 0) is 65.0 Å². The van der Waals surface area contributed by atoms with E-state index in [1.54, 1.807) is 0 Å². The summed E-state index contributed by atoms with van der Waals surface area (Å²) in [6, 6.07) is 78.2. The number of hydrogen-bond donors (Lipinski definition) is 4. The second-order valence-electron chi connectivity index (χ2n) is 32.9. The summed E-state index contributed by atoms with van der Waals surface area (Å²) in [6.07, 6.45) is 9.21. The van der Waals surface area contributed by atoms with Crippen molar-refractivity contribution in [2.45, 2.75) is 182 Å². The third-order valence-corrected chi connectivity index (χ3v) is 23.5. The van der Waals surface area contributed by atoms with Crippen LogP contribution in [0.2, 0.25) is 0 Å². The summed E-state index contributed by atoms with van der Waals surface area (Å²) in [5.74, 6) is 0.134. The molecule has 0 aliphatic carbocycles. The number of hydrogen-bond acceptors (Lipinski definition) is 14. The van der Waals surface area contributed by atoms with Crippen LogP contribution >= 0.6 is 0 Å². The van der Waals surface area contributed by atoms with Crippen LogP contribution in [-0.4, -0.2) is 161 Å². The molecule has 2 radical (unpaired) electrons. The van der Waals surface area contributed by atoms with Crippen LogP contribution in [0.1, 0.15) is 159 Å². The molecule has 614 valence electrons. The van der Waals surface area contributed by atoms with Gasteiger partial charge in [0.25, 0.3) is 0 Å². The second-order valence-corrected chi connectivity index (χ2v) is 32.9. The smallest absolute Gasteiger partial charge is 0.335 e. The fourth-order valence-corrected chi connectivity index (χ4v) is 16.4. The number of aryl methyl sites for hydroxylation is 2. The Hall–Kier alpha value is -10.7. The zero-order chi connectivity index (χ0) is 83.7. The number of carboxylic acid groups (broad SMARTS) is 1. The minimum atomic E-state index is -0.855. The first-order chi connectivity index (χ1) is 56.3. The number of carboxylic acids is 1. The van der Waals surface area contributed by atoms with Gasteiger partial charge in [-0.15, -0.1) is 0 Å². The monoisotopic (exact) mass is 1580 g/mol.